The average molecular weight is 510 g/mol. The molecule has 0 radical (unpaired) electrons. The summed E-state index contributed by atoms with van der Waals surface area (Å²) in [6, 6.07) is 7.37. The molecule has 0 bridgehead atoms. The quantitative estimate of drug-likeness (QED) is 0.478. The van der Waals surface area contributed by atoms with Crippen molar-refractivity contribution in [1.82, 2.24) is 25.5 Å². The normalized spacial score (nSPS) is 16.9. The van der Waals surface area contributed by atoms with Gasteiger partial charge in [-0.25, -0.2) is 4.39 Å². The van der Waals surface area contributed by atoms with Crippen molar-refractivity contribution in [3.05, 3.63) is 53.7 Å². The topological polar surface area (TPSA) is 97.8 Å². The van der Waals surface area contributed by atoms with Crippen LogP contribution in [0.3, 0.4) is 0 Å². The number of benzene rings is 1. The summed E-state index contributed by atoms with van der Waals surface area (Å²) in [4.78, 5) is 23.9. The molecular weight excluding hydrogens is 477 g/mol. The van der Waals surface area contributed by atoms with E-state index in [1.165, 1.54) is 6.20 Å². The number of hydrogen-bond acceptors (Lipinski definition) is 8. The van der Waals surface area contributed by atoms with Gasteiger partial charge in [0.1, 0.15) is 30.3 Å². The molecule has 0 aliphatic carbocycles. The molecule has 2 N–H and O–H groups in total. The first-order valence-corrected chi connectivity index (χ1v) is 12.6. The van der Waals surface area contributed by atoms with Crippen LogP contribution in [0.15, 0.2) is 36.7 Å². The second kappa shape index (κ2) is 10.9. The maximum atomic E-state index is 14.7. The van der Waals surface area contributed by atoms with Crippen molar-refractivity contribution in [3.8, 4) is 17.2 Å². The van der Waals surface area contributed by atoms with Crippen molar-refractivity contribution < 1.29 is 23.4 Å². The molecule has 9 nitrogen and oxygen atoms in total. The van der Waals surface area contributed by atoms with Gasteiger partial charge in [0.2, 0.25) is 5.91 Å². The lowest BCUT2D eigenvalue weighted by molar-refractivity contribution is -0.129. The van der Waals surface area contributed by atoms with E-state index in [-0.39, 0.29) is 11.7 Å². The zero-order valence-corrected chi connectivity index (χ0v) is 21.2. The van der Waals surface area contributed by atoms with Gasteiger partial charge in [0.05, 0.1) is 30.7 Å². The average Bonchev–Trinajstić information content (AvgIpc) is 2.95. The number of likely N-dealkylation sites (N-methyl/N-ethyl adjacent to an activating group) is 1. The molecule has 2 aliphatic rings. The highest BCUT2D eigenvalue weighted by atomic mass is 19.1. The summed E-state index contributed by atoms with van der Waals surface area (Å²) in [5.74, 6) is 1.64. The van der Waals surface area contributed by atoms with Gasteiger partial charge in [-0.05, 0) is 37.5 Å². The van der Waals surface area contributed by atoms with Gasteiger partial charge in [0.25, 0.3) is 0 Å². The van der Waals surface area contributed by atoms with Crippen LogP contribution in [-0.4, -0.2) is 73.3 Å². The van der Waals surface area contributed by atoms with Crippen LogP contribution in [0.1, 0.15) is 24.1 Å². The van der Waals surface area contributed by atoms with Crippen LogP contribution in [0.2, 0.25) is 0 Å². The Morgan fingerprint density at radius 1 is 1.14 bits per heavy atom. The highest BCUT2D eigenvalue weighted by Crippen LogP contribution is 2.30. The minimum Gasteiger partial charge on any atom is -0.497 e. The zero-order valence-electron chi connectivity index (χ0n) is 21.2. The molecule has 4 heterocycles. The fraction of sp³-hybridized carbons (Fsp3) is 0.444. The number of nitrogens with zero attached hydrogens (tertiary/aromatic N) is 3. The molecule has 196 valence electrons. The van der Waals surface area contributed by atoms with Crippen molar-refractivity contribution in [2.45, 2.75) is 31.3 Å². The molecule has 5 rings (SSSR count). The first-order chi connectivity index (χ1) is 18.0. The summed E-state index contributed by atoms with van der Waals surface area (Å²) in [6.45, 7) is 3.56. The number of nitrogens with one attached hydrogen (secondary N) is 2. The Labute approximate surface area is 215 Å². The number of ether oxygens (including phenoxy) is 3. The van der Waals surface area contributed by atoms with Gasteiger partial charge in [-0.15, -0.1) is 0 Å². The van der Waals surface area contributed by atoms with E-state index in [4.69, 9.17) is 14.2 Å². The number of carbonyl (C=O) groups excluding carboxylic acids is 1. The number of aromatic nitrogens is 2. The predicted molar refractivity (Wildman–Crippen MR) is 136 cm³/mol. The molecule has 0 spiro atoms. The van der Waals surface area contributed by atoms with Gasteiger partial charge < -0.3 is 24.4 Å². The zero-order chi connectivity index (χ0) is 25.8. The Hall–Kier alpha value is -3.50. The monoisotopic (exact) mass is 509 g/mol. The van der Waals surface area contributed by atoms with E-state index >= 15 is 0 Å². The Balaban J connectivity index is 1.23. The first kappa shape index (κ1) is 25.2. The third kappa shape index (κ3) is 5.30. The lowest BCUT2D eigenvalue weighted by atomic mass is 9.86. The molecule has 3 aromatic rings. The lowest BCUT2D eigenvalue weighted by Gasteiger charge is -2.41. The minimum atomic E-state index is -0.706. The Kier molecular flexibility index (Phi) is 7.38. The summed E-state index contributed by atoms with van der Waals surface area (Å²) in [6.07, 6.45) is 4.75. The maximum Gasteiger partial charge on any atom is 0.240 e. The number of rotatable bonds is 8. The van der Waals surface area contributed by atoms with Gasteiger partial charge >= 0.3 is 0 Å². The van der Waals surface area contributed by atoms with Crippen LogP contribution in [0, 0.1) is 5.82 Å². The SMILES string of the molecule is CNC(=O)C1(NCc2cc3c(cn2)OCCO3)CCN(CCc2c(F)cnc3ccc(OC)cc23)CC1. The number of piperidine rings is 1. The standard InChI is InChI=1S/C27H32FN5O4/c1-29-26(34)27(32-15-18-13-24-25(17-30-18)37-12-11-36-24)6-9-33(10-7-27)8-5-20-21-14-19(35-2)3-4-23(21)31-16-22(20)28/h3-4,13-14,16-17,32H,5-12,15H2,1-2H3,(H,29,34). The summed E-state index contributed by atoms with van der Waals surface area (Å²) in [7, 11) is 3.25. The van der Waals surface area contributed by atoms with Gasteiger partial charge in [0.15, 0.2) is 11.5 Å². The summed E-state index contributed by atoms with van der Waals surface area (Å²) < 4.78 is 31.3. The van der Waals surface area contributed by atoms with Crippen LogP contribution < -0.4 is 24.8 Å². The molecule has 0 saturated carbocycles. The van der Waals surface area contributed by atoms with Crippen LogP contribution in [0.5, 0.6) is 17.2 Å². The second-order valence-electron chi connectivity index (χ2n) is 9.39. The highest BCUT2D eigenvalue weighted by molar-refractivity contribution is 5.86. The van der Waals surface area contributed by atoms with Crippen LogP contribution in [0.4, 0.5) is 4.39 Å². The van der Waals surface area contributed by atoms with E-state index in [0.29, 0.717) is 81.5 Å². The molecule has 10 heteroatoms. The van der Waals surface area contributed by atoms with Crippen molar-refractivity contribution in [2.75, 3.05) is 47.0 Å². The van der Waals surface area contributed by atoms with Crippen molar-refractivity contribution >= 4 is 16.8 Å². The third-order valence-corrected chi connectivity index (χ3v) is 7.28. The molecule has 2 aromatic heterocycles. The first-order valence-electron chi connectivity index (χ1n) is 12.6. The summed E-state index contributed by atoms with van der Waals surface area (Å²) >= 11 is 0. The summed E-state index contributed by atoms with van der Waals surface area (Å²) in [5, 5.41) is 7.06. The molecule has 1 saturated heterocycles. The molecular formula is C27H32FN5O4. The van der Waals surface area contributed by atoms with E-state index in [1.807, 2.05) is 24.3 Å². The van der Waals surface area contributed by atoms with Crippen LogP contribution in [0.25, 0.3) is 10.9 Å². The minimum absolute atomic E-state index is 0.0389. The van der Waals surface area contributed by atoms with Gasteiger partial charge in [-0.3, -0.25) is 20.1 Å². The number of methoxy groups -OCH3 is 1. The van der Waals surface area contributed by atoms with E-state index in [2.05, 4.69) is 25.5 Å². The molecule has 0 unspecified atom stereocenters. The fourth-order valence-corrected chi connectivity index (χ4v) is 5.08. The molecule has 37 heavy (non-hydrogen) atoms. The lowest BCUT2D eigenvalue weighted by Crippen LogP contribution is -2.61. The smallest absolute Gasteiger partial charge is 0.240 e. The number of likely N-dealkylation sites (tertiary alicyclic amines) is 1. The van der Waals surface area contributed by atoms with Crippen molar-refractivity contribution in [1.29, 1.82) is 0 Å². The molecule has 1 aromatic carbocycles. The second-order valence-corrected chi connectivity index (χ2v) is 9.39. The maximum absolute atomic E-state index is 14.7. The van der Waals surface area contributed by atoms with Gasteiger partial charge in [-0.2, -0.15) is 0 Å². The highest BCUT2D eigenvalue weighted by Gasteiger charge is 2.40. The van der Waals surface area contributed by atoms with Gasteiger partial charge in [0, 0.05) is 50.2 Å². The van der Waals surface area contributed by atoms with E-state index < -0.39 is 5.54 Å². The number of hydrogen-bond donors (Lipinski definition) is 2. The number of carbonyl (C=O) groups is 1. The molecule has 2 aliphatic heterocycles. The van der Waals surface area contributed by atoms with Crippen molar-refractivity contribution in [3.63, 3.8) is 0 Å². The molecule has 1 amide bonds. The predicted octanol–water partition coefficient (Wildman–Crippen LogP) is 2.46. The number of amides is 1. The Bertz CT molecular complexity index is 1280. The van der Waals surface area contributed by atoms with Crippen molar-refractivity contribution in [2.24, 2.45) is 0 Å². The van der Waals surface area contributed by atoms with E-state index in [9.17, 15) is 9.18 Å². The Morgan fingerprint density at radius 2 is 1.92 bits per heavy atom. The fourth-order valence-electron chi connectivity index (χ4n) is 5.08. The Morgan fingerprint density at radius 3 is 2.68 bits per heavy atom. The third-order valence-electron chi connectivity index (χ3n) is 7.28. The number of halogens is 1. The number of fused-ring (bicyclic) bond motifs is 2. The van der Waals surface area contributed by atoms with E-state index in [0.717, 1.165) is 16.6 Å². The largest absolute Gasteiger partial charge is 0.497 e. The number of pyridine rings is 2. The van der Waals surface area contributed by atoms with Crippen LogP contribution >= 0.6 is 0 Å². The van der Waals surface area contributed by atoms with Crippen LogP contribution in [-0.2, 0) is 17.8 Å². The van der Waals surface area contributed by atoms with E-state index in [1.54, 1.807) is 20.4 Å². The van der Waals surface area contributed by atoms with Gasteiger partial charge in [-0.1, -0.05) is 0 Å². The molecule has 0 atom stereocenters. The molecule has 1 fully saturated rings. The summed E-state index contributed by atoms with van der Waals surface area (Å²) in [5.41, 5.74) is 1.45.